The van der Waals surface area contributed by atoms with Gasteiger partial charge in [0.1, 0.15) is 19.3 Å². The monoisotopic (exact) mass is 896 g/mol. The Morgan fingerprint density at radius 3 is 1.32 bits per heavy atom. The van der Waals surface area contributed by atoms with E-state index in [0.29, 0.717) is 24.1 Å². The fraction of sp³-hybridized carbons (Fsp3) is 0.868. The van der Waals surface area contributed by atoms with Crippen LogP contribution in [-0.4, -0.2) is 70.7 Å². The Hall–Kier alpha value is -1.28. The minimum absolute atomic E-state index is 0.0255. The number of carbonyl (C=O) groups is 1. The van der Waals surface area contributed by atoms with Crippen molar-refractivity contribution in [3.63, 3.8) is 0 Å². The summed E-state index contributed by atoms with van der Waals surface area (Å²) >= 11 is 0. The predicted octanol–water partition coefficient (Wildman–Crippen LogP) is 15.5. The van der Waals surface area contributed by atoms with Gasteiger partial charge >= 0.3 is 5.97 Å². The van der Waals surface area contributed by atoms with Gasteiger partial charge < -0.3 is 27.9 Å². The Morgan fingerprint density at radius 2 is 0.887 bits per heavy atom. The number of ether oxygens (including phenoxy) is 2. The largest absolute Gasteiger partial charge is 0.756 e. The summed E-state index contributed by atoms with van der Waals surface area (Å²) in [5.41, 5.74) is 0. The molecule has 0 spiro atoms. The van der Waals surface area contributed by atoms with Crippen LogP contribution in [0.4, 0.5) is 0 Å². The minimum atomic E-state index is -4.53. The fourth-order valence-corrected chi connectivity index (χ4v) is 8.07. The minimum Gasteiger partial charge on any atom is -0.756 e. The average Bonchev–Trinajstić information content (AvgIpc) is 3.23. The highest BCUT2D eigenvalue weighted by Gasteiger charge is 2.20. The van der Waals surface area contributed by atoms with Crippen LogP contribution >= 0.6 is 7.82 Å². The van der Waals surface area contributed by atoms with Gasteiger partial charge in [0.05, 0.1) is 34.4 Å². The highest BCUT2D eigenvalue weighted by molar-refractivity contribution is 7.45. The lowest BCUT2D eigenvalue weighted by molar-refractivity contribution is -0.870. The topological polar surface area (TPSA) is 94.1 Å². The molecule has 9 heteroatoms. The number of rotatable bonds is 49. The molecule has 0 saturated heterocycles. The van der Waals surface area contributed by atoms with E-state index in [1.54, 1.807) is 0 Å². The number of unbranched alkanes of at least 4 members (excludes halogenated alkanes) is 29. The van der Waals surface area contributed by atoms with Crippen LogP contribution < -0.4 is 4.89 Å². The molecule has 0 aromatic carbocycles. The van der Waals surface area contributed by atoms with Crippen LogP contribution in [0.3, 0.4) is 0 Å². The summed E-state index contributed by atoms with van der Waals surface area (Å²) in [7, 11) is 1.36. The average molecular weight is 896 g/mol. The molecule has 366 valence electrons. The van der Waals surface area contributed by atoms with Crippen LogP contribution in [0.25, 0.3) is 0 Å². The van der Waals surface area contributed by atoms with Gasteiger partial charge in [0.2, 0.25) is 0 Å². The Kier molecular flexibility index (Phi) is 45.3. The number of phosphoric acid groups is 1. The van der Waals surface area contributed by atoms with Gasteiger partial charge in [-0.05, 0) is 70.6 Å². The van der Waals surface area contributed by atoms with Crippen LogP contribution in [0.1, 0.15) is 239 Å². The lowest BCUT2D eigenvalue weighted by atomic mass is 10.0. The second kappa shape index (κ2) is 46.3. The van der Waals surface area contributed by atoms with Crippen molar-refractivity contribution in [3.8, 4) is 0 Å². The van der Waals surface area contributed by atoms with Gasteiger partial charge in [-0.2, -0.15) is 0 Å². The highest BCUT2D eigenvalue weighted by atomic mass is 31.2. The number of allylic oxidation sites excluding steroid dienone is 6. The van der Waals surface area contributed by atoms with Crippen LogP contribution in [0.5, 0.6) is 0 Å². The summed E-state index contributed by atoms with van der Waals surface area (Å²) in [5, 5.41) is 0. The molecule has 2 atom stereocenters. The summed E-state index contributed by atoms with van der Waals surface area (Å²) in [6.45, 7) is 5.41. The molecular weight excluding hydrogens is 794 g/mol. The van der Waals surface area contributed by atoms with E-state index < -0.39 is 13.9 Å². The zero-order valence-electron chi connectivity index (χ0n) is 41.6. The summed E-state index contributed by atoms with van der Waals surface area (Å²) in [5.74, 6) is -0.335. The Bertz CT molecular complexity index is 1090. The first-order valence-corrected chi connectivity index (χ1v) is 27.7. The van der Waals surface area contributed by atoms with E-state index in [1.165, 1.54) is 180 Å². The molecule has 8 nitrogen and oxygen atoms in total. The molecule has 0 rings (SSSR count). The number of esters is 1. The highest BCUT2D eigenvalue weighted by Crippen LogP contribution is 2.38. The molecule has 0 N–H and O–H groups in total. The number of quaternary nitrogens is 1. The van der Waals surface area contributed by atoms with Gasteiger partial charge in [-0.25, -0.2) is 0 Å². The van der Waals surface area contributed by atoms with Crippen molar-refractivity contribution in [2.24, 2.45) is 0 Å². The van der Waals surface area contributed by atoms with Crippen molar-refractivity contribution in [2.45, 2.75) is 245 Å². The van der Waals surface area contributed by atoms with Crippen LogP contribution in [0.2, 0.25) is 0 Å². The second-order valence-electron chi connectivity index (χ2n) is 18.9. The summed E-state index contributed by atoms with van der Waals surface area (Å²) in [4.78, 5) is 25.2. The Balaban J connectivity index is 4.08. The smallest absolute Gasteiger partial charge is 0.306 e. The molecule has 0 aliphatic rings. The molecule has 0 saturated carbocycles. The standard InChI is InChI=1S/C53H102NO7P/c1-6-8-10-12-14-16-18-20-22-23-24-25-26-27-28-29-30-31-32-34-36-38-40-42-44-46-53(55)61-52(51-60-62(56,57)59-49-47-54(3,4)5)50-58-48-45-43-41-39-37-35-33-21-19-17-15-13-11-9-7-2/h18-21,23-24,52H,6-17,22,25-51H2,1-5H3/b20-18-,21-19-,24-23-. The molecule has 0 aliphatic heterocycles. The fourth-order valence-electron chi connectivity index (χ4n) is 7.34. The van der Waals surface area contributed by atoms with Crippen molar-refractivity contribution in [1.82, 2.24) is 0 Å². The second-order valence-corrected chi connectivity index (χ2v) is 20.3. The number of carbonyl (C=O) groups excluding carboxylic acids is 1. The molecule has 0 fully saturated rings. The maximum Gasteiger partial charge on any atom is 0.306 e. The molecule has 62 heavy (non-hydrogen) atoms. The zero-order valence-corrected chi connectivity index (χ0v) is 42.5. The summed E-state index contributed by atoms with van der Waals surface area (Å²) in [6.07, 6.45) is 56.0. The number of likely N-dealkylation sites (N-methyl/N-ethyl adjacent to an activating group) is 1. The molecule has 0 amide bonds. The van der Waals surface area contributed by atoms with Crippen molar-refractivity contribution >= 4 is 13.8 Å². The van der Waals surface area contributed by atoms with Crippen LogP contribution in [0.15, 0.2) is 36.5 Å². The predicted molar refractivity (Wildman–Crippen MR) is 263 cm³/mol. The molecule has 0 aromatic heterocycles. The van der Waals surface area contributed by atoms with Gasteiger partial charge in [-0.15, -0.1) is 0 Å². The van der Waals surface area contributed by atoms with E-state index in [0.717, 1.165) is 38.5 Å². The van der Waals surface area contributed by atoms with Gasteiger partial charge in [0, 0.05) is 13.0 Å². The van der Waals surface area contributed by atoms with Crippen molar-refractivity contribution in [1.29, 1.82) is 0 Å². The first kappa shape index (κ1) is 60.7. The van der Waals surface area contributed by atoms with E-state index in [1.807, 2.05) is 21.1 Å². The van der Waals surface area contributed by atoms with Crippen molar-refractivity contribution < 1.29 is 37.3 Å². The third-order valence-corrected chi connectivity index (χ3v) is 12.4. The summed E-state index contributed by atoms with van der Waals surface area (Å²) < 4.78 is 34.7. The first-order chi connectivity index (χ1) is 30.1. The van der Waals surface area contributed by atoms with E-state index in [-0.39, 0.29) is 25.8 Å². The third kappa shape index (κ3) is 49.7. The maximum absolute atomic E-state index is 12.7. The SMILES string of the molecule is CCCCCCC/C=C\C/C=C\CCCCCCCCCCCCCCCC(=O)OC(COCCCCCCCC/C=C\CCCCCCC)COP(=O)([O-])OCC[N+](C)(C)C. The number of nitrogens with zero attached hydrogens (tertiary/aromatic N) is 1. The summed E-state index contributed by atoms with van der Waals surface area (Å²) in [6, 6.07) is 0. The normalized spacial score (nSPS) is 13.8. The van der Waals surface area contributed by atoms with Crippen molar-refractivity contribution in [3.05, 3.63) is 36.5 Å². The molecule has 2 unspecified atom stereocenters. The first-order valence-electron chi connectivity index (χ1n) is 26.2. The lowest BCUT2D eigenvalue weighted by Gasteiger charge is -2.28. The zero-order chi connectivity index (χ0) is 45.5. The molecule has 0 aliphatic carbocycles. The van der Waals surface area contributed by atoms with Gasteiger partial charge in [0.15, 0.2) is 0 Å². The van der Waals surface area contributed by atoms with E-state index in [2.05, 4.69) is 50.3 Å². The third-order valence-electron chi connectivity index (χ3n) is 11.4. The van der Waals surface area contributed by atoms with Crippen molar-refractivity contribution in [2.75, 3.05) is 54.1 Å². The molecule has 0 radical (unpaired) electrons. The lowest BCUT2D eigenvalue weighted by Crippen LogP contribution is -2.37. The molecular formula is C53H102NO7P. The number of phosphoric ester groups is 1. The van der Waals surface area contributed by atoms with Crippen LogP contribution in [-0.2, 0) is 27.9 Å². The molecule has 0 heterocycles. The Labute approximate surface area is 385 Å². The maximum atomic E-state index is 12.7. The number of hydrogen-bond acceptors (Lipinski definition) is 7. The van der Waals surface area contributed by atoms with E-state index >= 15 is 0 Å². The molecule has 0 aromatic rings. The van der Waals surface area contributed by atoms with Gasteiger partial charge in [-0.3, -0.25) is 9.36 Å². The Morgan fingerprint density at radius 1 is 0.500 bits per heavy atom. The molecule has 0 bridgehead atoms. The van der Waals surface area contributed by atoms with E-state index in [9.17, 15) is 14.3 Å². The quantitative estimate of drug-likeness (QED) is 0.0197. The van der Waals surface area contributed by atoms with E-state index in [4.69, 9.17) is 18.5 Å². The van der Waals surface area contributed by atoms with Gasteiger partial charge in [-0.1, -0.05) is 198 Å². The van der Waals surface area contributed by atoms with Crippen LogP contribution in [0, 0.1) is 0 Å². The van der Waals surface area contributed by atoms with Gasteiger partial charge in [0.25, 0.3) is 7.82 Å². The number of hydrogen-bond donors (Lipinski definition) is 0.